The highest BCUT2D eigenvalue weighted by Crippen LogP contribution is 2.11. The van der Waals surface area contributed by atoms with E-state index >= 15 is 0 Å². The van der Waals surface area contributed by atoms with Gasteiger partial charge in [-0.1, -0.05) is 12.1 Å². The molecule has 1 heterocycles. The molecule has 0 aliphatic carbocycles. The number of nitro groups is 1. The lowest BCUT2D eigenvalue weighted by molar-refractivity contribution is -0.384. The summed E-state index contributed by atoms with van der Waals surface area (Å²) in [5.41, 5.74) is 2.08. The molecule has 1 N–H and O–H groups in total. The normalized spacial score (nSPS) is 10.3. The van der Waals surface area contributed by atoms with Gasteiger partial charge in [-0.15, -0.1) is 0 Å². The minimum atomic E-state index is -0.393. The lowest BCUT2D eigenvalue weighted by Crippen LogP contribution is -2.17. The second kappa shape index (κ2) is 6.55. The van der Waals surface area contributed by atoms with Crippen LogP contribution in [0.3, 0.4) is 0 Å². The van der Waals surface area contributed by atoms with Crippen molar-refractivity contribution in [3.05, 3.63) is 64.2 Å². The van der Waals surface area contributed by atoms with Crippen molar-refractivity contribution in [2.24, 2.45) is 0 Å². The Morgan fingerprint density at radius 2 is 2.00 bits per heavy atom. The van der Waals surface area contributed by atoms with Gasteiger partial charge in [-0.05, 0) is 18.5 Å². The molecule has 0 saturated heterocycles. The highest BCUT2D eigenvalue weighted by atomic mass is 16.6. The molecule has 1 aromatic carbocycles. The van der Waals surface area contributed by atoms with Crippen molar-refractivity contribution in [3.8, 4) is 0 Å². The molecule has 0 aliphatic rings. The van der Waals surface area contributed by atoms with Crippen LogP contribution in [0.2, 0.25) is 0 Å². The third kappa shape index (κ3) is 4.11. The predicted molar refractivity (Wildman–Crippen MR) is 70.5 cm³/mol. The van der Waals surface area contributed by atoms with Crippen LogP contribution >= 0.6 is 0 Å². The number of hydrogen-bond acceptors (Lipinski definition) is 5. The molecule has 0 bridgehead atoms. The summed E-state index contributed by atoms with van der Waals surface area (Å²) >= 11 is 0. The van der Waals surface area contributed by atoms with Crippen molar-refractivity contribution in [1.82, 2.24) is 15.3 Å². The third-order valence-corrected chi connectivity index (χ3v) is 2.66. The molecule has 0 aliphatic heterocycles. The van der Waals surface area contributed by atoms with Crippen molar-refractivity contribution < 1.29 is 4.92 Å². The fourth-order valence-corrected chi connectivity index (χ4v) is 1.65. The summed E-state index contributed by atoms with van der Waals surface area (Å²) in [5.74, 6) is 0. The smallest absolute Gasteiger partial charge is 0.269 e. The summed E-state index contributed by atoms with van der Waals surface area (Å²) in [6, 6.07) is 6.61. The molecule has 6 heteroatoms. The van der Waals surface area contributed by atoms with Crippen LogP contribution in [0.1, 0.15) is 11.3 Å². The molecular formula is C13H14N4O2. The number of non-ortho nitro benzene ring substituents is 1. The Labute approximate surface area is 110 Å². The average molecular weight is 258 g/mol. The van der Waals surface area contributed by atoms with E-state index in [0.29, 0.717) is 6.54 Å². The number of hydrogen-bond donors (Lipinski definition) is 1. The average Bonchev–Trinajstić information content (AvgIpc) is 2.45. The molecule has 2 rings (SSSR count). The maximum atomic E-state index is 10.5. The van der Waals surface area contributed by atoms with Gasteiger partial charge in [0.2, 0.25) is 0 Å². The fraction of sp³-hybridized carbons (Fsp3) is 0.231. The minimum Gasteiger partial charge on any atom is -0.311 e. The van der Waals surface area contributed by atoms with E-state index in [-0.39, 0.29) is 5.69 Å². The first-order chi connectivity index (χ1) is 9.25. The number of nitrogens with one attached hydrogen (secondary N) is 1. The Kier molecular flexibility index (Phi) is 4.52. The van der Waals surface area contributed by atoms with Gasteiger partial charge in [0.1, 0.15) is 0 Å². The summed E-state index contributed by atoms with van der Waals surface area (Å²) < 4.78 is 0. The number of nitrogens with zero attached hydrogens (tertiary/aromatic N) is 3. The summed E-state index contributed by atoms with van der Waals surface area (Å²) in [6.45, 7) is 1.45. The number of nitro benzene ring substituents is 1. The van der Waals surface area contributed by atoms with Gasteiger partial charge in [0.15, 0.2) is 0 Å². The van der Waals surface area contributed by atoms with Gasteiger partial charge in [0.25, 0.3) is 5.69 Å². The molecule has 0 fully saturated rings. The van der Waals surface area contributed by atoms with E-state index in [1.165, 1.54) is 12.1 Å². The number of rotatable bonds is 6. The fourth-order valence-electron chi connectivity index (χ4n) is 1.65. The zero-order valence-electron chi connectivity index (χ0n) is 10.3. The van der Waals surface area contributed by atoms with Crippen molar-refractivity contribution in [1.29, 1.82) is 0 Å². The molecule has 0 atom stereocenters. The molecule has 1 aromatic heterocycles. The van der Waals surface area contributed by atoms with Crippen LogP contribution in [0.5, 0.6) is 0 Å². The van der Waals surface area contributed by atoms with Crippen molar-refractivity contribution in [2.45, 2.75) is 13.0 Å². The van der Waals surface area contributed by atoms with Gasteiger partial charge in [0.05, 0.1) is 10.6 Å². The van der Waals surface area contributed by atoms with Gasteiger partial charge in [-0.3, -0.25) is 20.1 Å². The maximum Gasteiger partial charge on any atom is 0.269 e. The predicted octanol–water partition coefficient (Wildman–Crippen LogP) is 1.72. The number of aromatic nitrogens is 2. The zero-order chi connectivity index (χ0) is 13.5. The van der Waals surface area contributed by atoms with Crippen LogP contribution in [0.25, 0.3) is 0 Å². The van der Waals surface area contributed by atoms with E-state index in [9.17, 15) is 10.1 Å². The second-order valence-electron chi connectivity index (χ2n) is 4.05. The Balaban J connectivity index is 1.75. The van der Waals surface area contributed by atoms with Crippen molar-refractivity contribution in [3.63, 3.8) is 0 Å². The van der Waals surface area contributed by atoms with Crippen LogP contribution in [-0.2, 0) is 13.0 Å². The van der Waals surface area contributed by atoms with E-state index in [1.807, 2.05) is 0 Å². The van der Waals surface area contributed by atoms with Gasteiger partial charge >= 0.3 is 0 Å². The molecule has 0 unspecified atom stereocenters. The standard InChI is InChI=1S/C13H14N4O2/c18-17(19)13-3-1-11(2-4-13)5-6-14-9-12-10-15-7-8-16-12/h1-4,7-8,10,14H,5-6,9H2. The highest BCUT2D eigenvalue weighted by molar-refractivity contribution is 5.32. The molecule has 98 valence electrons. The van der Waals surface area contributed by atoms with E-state index in [1.54, 1.807) is 30.7 Å². The second-order valence-corrected chi connectivity index (χ2v) is 4.05. The first-order valence-corrected chi connectivity index (χ1v) is 5.94. The molecule has 0 radical (unpaired) electrons. The topological polar surface area (TPSA) is 81.0 Å². The first kappa shape index (κ1) is 13.1. The summed E-state index contributed by atoms with van der Waals surface area (Å²) in [5, 5.41) is 13.8. The van der Waals surface area contributed by atoms with Gasteiger partial charge in [-0.2, -0.15) is 0 Å². The molecular weight excluding hydrogens is 244 g/mol. The van der Waals surface area contributed by atoms with Crippen LogP contribution < -0.4 is 5.32 Å². The first-order valence-electron chi connectivity index (χ1n) is 5.94. The summed E-state index contributed by atoms with van der Waals surface area (Å²) in [7, 11) is 0. The van der Waals surface area contributed by atoms with Crippen LogP contribution in [0, 0.1) is 10.1 Å². The minimum absolute atomic E-state index is 0.122. The number of benzene rings is 1. The van der Waals surface area contributed by atoms with Crippen LogP contribution in [-0.4, -0.2) is 21.4 Å². The van der Waals surface area contributed by atoms with Gasteiger partial charge in [-0.25, -0.2) is 0 Å². The molecule has 2 aromatic rings. The van der Waals surface area contributed by atoms with Crippen molar-refractivity contribution >= 4 is 5.69 Å². The van der Waals surface area contributed by atoms with Crippen molar-refractivity contribution in [2.75, 3.05) is 6.54 Å². The monoisotopic (exact) mass is 258 g/mol. The lowest BCUT2D eigenvalue weighted by atomic mass is 10.1. The van der Waals surface area contributed by atoms with Gasteiger partial charge in [0, 0.05) is 37.3 Å². The summed E-state index contributed by atoms with van der Waals surface area (Å²) in [6.07, 6.45) is 5.84. The zero-order valence-corrected chi connectivity index (χ0v) is 10.3. The Morgan fingerprint density at radius 1 is 1.21 bits per heavy atom. The third-order valence-electron chi connectivity index (χ3n) is 2.66. The summed E-state index contributed by atoms with van der Waals surface area (Å²) in [4.78, 5) is 18.3. The largest absolute Gasteiger partial charge is 0.311 e. The van der Waals surface area contributed by atoms with E-state index in [2.05, 4.69) is 15.3 Å². The van der Waals surface area contributed by atoms with E-state index in [0.717, 1.165) is 24.2 Å². The Bertz CT molecular complexity index is 528. The Morgan fingerprint density at radius 3 is 2.63 bits per heavy atom. The molecule has 6 nitrogen and oxygen atoms in total. The molecule has 0 spiro atoms. The van der Waals surface area contributed by atoms with Crippen LogP contribution in [0.15, 0.2) is 42.9 Å². The van der Waals surface area contributed by atoms with Gasteiger partial charge < -0.3 is 5.32 Å². The highest BCUT2D eigenvalue weighted by Gasteiger charge is 2.03. The maximum absolute atomic E-state index is 10.5. The van der Waals surface area contributed by atoms with E-state index < -0.39 is 4.92 Å². The molecule has 0 amide bonds. The lowest BCUT2D eigenvalue weighted by Gasteiger charge is -2.04. The SMILES string of the molecule is O=[N+]([O-])c1ccc(CCNCc2cnccn2)cc1. The molecule has 0 saturated carbocycles. The Hall–Kier alpha value is -2.34. The molecule has 19 heavy (non-hydrogen) atoms. The van der Waals surface area contributed by atoms with Crippen LogP contribution in [0.4, 0.5) is 5.69 Å². The quantitative estimate of drug-likeness (QED) is 0.484. The van der Waals surface area contributed by atoms with E-state index in [4.69, 9.17) is 0 Å².